The number of hydrogen-bond donors (Lipinski definition) is 5. The van der Waals surface area contributed by atoms with E-state index >= 15 is 0 Å². The zero-order chi connectivity index (χ0) is 18.0. The lowest BCUT2D eigenvalue weighted by atomic mass is 10.4. The van der Waals surface area contributed by atoms with Gasteiger partial charge in [-0.2, -0.15) is 0 Å². The van der Waals surface area contributed by atoms with E-state index in [0.717, 1.165) is 5.69 Å². The highest BCUT2D eigenvalue weighted by molar-refractivity contribution is 5.30. The van der Waals surface area contributed by atoms with Crippen LogP contribution in [-0.4, -0.2) is 20.4 Å². The molecule has 0 fully saturated rings. The molecule has 0 bridgehead atoms. The molecule has 0 aromatic carbocycles. The number of aromatic amines is 1. The van der Waals surface area contributed by atoms with Crippen LogP contribution in [0.4, 0.5) is 5.82 Å². The van der Waals surface area contributed by atoms with Crippen molar-refractivity contribution < 1.29 is 5.48 Å². The molecular weight excluding hydrogens is 322 g/mol. The molecule has 0 aliphatic carbocycles. The monoisotopic (exact) mass is 347 g/mol. The van der Waals surface area contributed by atoms with Crippen molar-refractivity contribution in [1.82, 2.24) is 15.0 Å². The summed E-state index contributed by atoms with van der Waals surface area (Å²) in [6.07, 6.45) is 5.06. The molecule has 0 aliphatic rings. The maximum Gasteiger partial charge on any atom is 0.247 e. The van der Waals surface area contributed by atoms with Gasteiger partial charge in [0, 0.05) is 30.4 Å². The van der Waals surface area contributed by atoms with E-state index in [1.807, 2.05) is 37.3 Å². The van der Waals surface area contributed by atoms with Gasteiger partial charge < -0.3 is 15.9 Å². The molecule has 0 unspecified atom stereocenters. The van der Waals surface area contributed by atoms with Crippen LogP contribution in [-0.2, 0) is 0 Å². The van der Waals surface area contributed by atoms with Crippen molar-refractivity contribution in [3.63, 3.8) is 0 Å². The van der Waals surface area contributed by atoms with E-state index in [1.165, 1.54) is 6.07 Å². The average molecular weight is 347 g/mol. The molecule has 3 heterocycles. The number of nitrogens with two attached hydrogens (primary N) is 3. The Balaban J connectivity index is 0. The SMILES string of the molecule is Cc1ccccn1.NN.NNc1ccccn1.O.O=c1cccc[nH]1. The standard InChI is InChI=1S/C6H7N.C5H7N3.C5H5NO.H4N2.H2O/c1-6-4-2-3-5-7-6;6-8-5-3-1-2-4-7-5;7-5-3-1-2-4-6-5;1-2;/h2-5H,1H3;1-4H,6H2,(H,7,8);1-4H,(H,6,7);1-2H2;1H2. The second-order valence-corrected chi connectivity index (χ2v) is 4.06. The third kappa shape index (κ3) is 14.2. The molecule has 0 saturated heterocycles. The van der Waals surface area contributed by atoms with E-state index in [2.05, 4.69) is 32.1 Å². The van der Waals surface area contributed by atoms with Crippen molar-refractivity contribution in [3.8, 4) is 0 Å². The topological polar surface area (TPSA) is 180 Å². The third-order valence-corrected chi connectivity index (χ3v) is 2.31. The van der Waals surface area contributed by atoms with E-state index in [1.54, 1.807) is 36.8 Å². The van der Waals surface area contributed by atoms with Crippen LogP contribution in [0.3, 0.4) is 0 Å². The van der Waals surface area contributed by atoms with Crippen LogP contribution in [0.25, 0.3) is 0 Å². The average Bonchev–Trinajstić information content (AvgIpc) is 2.66. The van der Waals surface area contributed by atoms with Crippen molar-refractivity contribution in [2.45, 2.75) is 6.92 Å². The number of aryl methyl sites for hydroxylation is 1. The number of hydrogen-bond acceptors (Lipinski definition) is 7. The molecular formula is C16H25N7O2. The number of nitrogens with one attached hydrogen (secondary N) is 2. The van der Waals surface area contributed by atoms with Crippen molar-refractivity contribution in [2.75, 3.05) is 5.43 Å². The van der Waals surface area contributed by atoms with Gasteiger partial charge in [-0.1, -0.05) is 18.2 Å². The minimum absolute atomic E-state index is 0. The van der Waals surface area contributed by atoms with E-state index < -0.39 is 0 Å². The highest BCUT2D eigenvalue weighted by atomic mass is 16.1. The van der Waals surface area contributed by atoms with Gasteiger partial charge in [0.15, 0.2) is 0 Å². The number of nitrogens with zero attached hydrogens (tertiary/aromatic N) is 2. The molecule has 3 aromatic heterocycles. The van der Waals surface area contributed by atoms with Crippen molar-refractivity contribution >= 4 is 5.82 Å². The van der Waals surface area contributed by atoms with E-state index in [9.17, 15) is 4.79 Å². The summed E-state index contributed by atoms with van der Waals surface area (Å²) in [5, 5.41) is 0. The van der Waals surface area contributed by atoms with Crippen LogP contribution in [0.5, 0.6) is 0 Å². The van der Waals surface area contributed by atoms with Crippen LogP contribution in [0.2, 0.25) is 0 Å². The van der Waals surface area contributed by atoms with Crippen LogP contribution in [0.1, 0.15) is 5.69 Å². The minimum Gasteiger partial charge on any atom is -0.412 e. The maximum absolute atomic E-state index is 10.2. The highest BCUT2D eigenvalue weighted by Gasteiger charge is 1.80. The molecule has 0 radical (unpaired) electrons. The molecule has 0 atom stereocenters. The summed E-state index contributed by atoms with van der Waals surface area (Å²) in [6, 6.07) is 16.3. The van der Waals surface area contributed by atoms with Crippen LogP contribution >= 0.6 is 0 Å². The predicted molar refractivity (Wildman–Crippen MR) is 100 cm³/mol. The molecule has 0 aliphatic heterocycles. The Morgan fingerprint density at radius 1 is 0.920 bits per heavy atom. The Morgan fingerprint density at radius 3 is 1.76 bits per heavy atom. The van der Waals surface area contributed by atoms with Gasteiger partial charge in [0.25, 0.3) is 0 Å². The third-order valence-electron chi connectivity index (χ3n) is 2.31. The molecule has 9 nitrogen and oxygen atoms in total. The zero-order valence-corrected chi connectivity index (χ0v) is 14.0. The van der Waals surface area contributed by atoms with Gasteiger partial charge in [0.2, 0.25) is 5.56 Å². The van der Waals surface area contributed by atoms with Gasteiger partial charge in [0.05, 0.1) is 0 Å². The summed E-state index contributed by atoms with van der Waals surface area (Å²) in [7, 11) is 0. The first-order valence-electron chi connectivity index (χ1n) is 6.94. The van der Waals surface area contributed by atoms with Gasteiger partial charge in [-0.15, -0.1) is 0 Å². The molecule has 0 amide bonds. The molecule has 0 saturated carbocycles. The molecule has 136 valence electrons. The molecule has 3 aromatic rings. The lowest BCUT2D eigenvalue weighted by Gasteiger charge is -1.92. The van der Waals surface area contributed by atoms with Gasteiger partial charge >= 0.3 is 0 Å². The number of hydrazine groups is 2. The lowest BCUT2D eigenvalue weighted by molar-refractivity contribution is 0.824. The predicted octanol–water partition coefficient (Wildman–Crippen LogP) is 0.126. The number of aromatic nitrogens is 3. The van der Waals surface area contributed by atoms with Gasteiger partial charge in [0.1, 0.15) is 5.82 Å². The molecule has 25 heavy (non-hydrogen) atoms. The smallest absolute Gasteiger partial charge is 0.247 e. The first kappa shape index (κ1) is 24.1. The Kier molecular flexibility index (Phi) is 16.7. The molecule has 9 heteroatoms. The Morgan fingerprint density at radius 2 is 1.52 bits per heavy atom. The normalized spacial score (nSPS) is 7.84. The highest BCUT2D eigenvalue weighted by Crippen LogP contribution is 1.94. The van der Waals surface area contributed by atoms with E-state index in [4.69, 9.17) is 5.84 Å². The fourth-order valence-corrected chi connectivity index (χ4v) is 1.27. The molecule has 3 rings (SSSR count). The van der Waals surface area contributed by atoms with Crippen molar-refractivity contribution in [3.05, 3.63) is 89.2 Å². The Bertz CT molecular complexity index is 661. The summed E-state index contributed by atoms with van der Waals surface area (Å²) in [5.41, 5.74) is 3.43. The quantitative estimate of drug-likeness (QED) is 0.306. The summed E-state index contributed by atoms with van der Waals surface area (Å²) in [6.45, 7) is 1.97. The van der Waals surface area contributed by atoms with Crippen LogP contribution < -0.4 is 28.5 Å². The summed E-state index contributed by atoms with van der Waals surface area (Å²) < 4.78 is 0. The number of pyridine rings is 3. The van der Waals surface area contributed by atoms with Gasteiger partial charge in [-0.25, -0.2) is 10.8 Å². The largest absolute Gasteiger partial charge is 0.412 e. The first-order chi connectivity index (χ1) is 11.7. The number of anilines is 1. The molecule has 0 spiro atoms. The number of rotatable bonds is 1. The van der Waals surface area contributed by atoms with E-state index in [0.29, 0.717) is 5.82 Å². The second kappa shape index (κ2) is 17.2. The lowest BCUT2D eigenvalue weighted by Crippen LogP contribution is -2.07. The van der Waals surface area contributed by atoms with E-state index in [-0.39, 0.29) is 11.0 Å². The minimum atomic E-state index is -0.0532. The summed E-state index contributed by atoms with van der Waals surface area (Å²) in [5.74, 6) is 13.7. The molecule has 10 N–H and O–H groups in total. The summed E-state index contributed by atoms with van der Waals surface area (Å²) in [4.78, 5) is 20.5. The number of H-pyrrole nitrogens is 1. The fraction of sp³-hybridized carbons (Fsp3) is 0.0625. The first-order valence-corrected chi connectivity index (χ1v) is 6.94. The second-order valence-electron chi connectivity index (χ2n) is 4.06. The fourth-order valence-electron chi connectivity index (χ4n) is 1.27. The van der Waals surface area contributed by atoms with Crippen molar-refractivity contribution in [2.24, 2.45) is 17.5 Å². The van der Waals surface area contributed by atoms with Gasteiger partial charge in [-0.05, 0) is 37.3 Å². The van der Waals surface area contributed by atoms with Crippen LogP contribution in [0.15, 0.2) is 78.0 Å². The number of nitrogen functional groups attached to an aromatic ring is 1. The maximum atomic E-state index is 10.2. The van der Waals surface area contributed by atoms with Crippen molar-refractivity contribution in [1.29, 1.82) is 0 Å². The van der Waals surface area contributed by atoms with Crippen LogP contribution in [0, 0.1) is 6.92 Å². The Hall–Kier alpha value is -3.11. The Labute approximate surface area is 146 Å². The zero-order valence-electron chi connectivity index (χ0n) is 14.0. The summed E-state index contributed by atoms with van der Waals surface area (Å²) >= 11 is 0. The van der Waals surface area contributed by atoms with Gasteiger partial charge in [-0.3, -0.25) is 21.5 Å².